The lowest BCUT2D eigenvalue weighted by Gasteiger charge is -2.09. The Morgan fingerprint density at radius 2 is 2.00 bits per heavy atom. The van der Waals surface area contributed by atoms with Crippen LogP contribution in [-0.2, 0) is 20.7 Å². The number of para-hydroxylation sites is 1. The second-order valence-electron chi connectivity index (χ2n) is 4.43. The first kappa shape index (κ1) is 14.8. The lowest BCUT2D eigenvalue weighted by molar-refractivity contribution is -0.158. The number of aliphatic carboxylic acids is 1. The van der Waals surface area contributed by atoms with E-state index in [0.29, 0.717) is 5.69 Å². The molecule has 1 aromatic heterocycles. The molecular formula is C15H16N2O4. The topological polar surface area (TPSA) is 81.4 Å². The number of carbonyl (C=O) groups excluding carboxylic acids is 1. The molecule has 0 bridgehead atoms. The van der Waals surface area contributed by atoms with E-state index >= 15 is 0 Å². The third kappa shape index (κ3) is 3.68. The van der Waals surface area contributed by atoms with Gasteiger partial charge in [-0.2, -0.15) is 5.10 Å². The molecule has 0 fully saturated rings. The summed E-state index contributed by atoms with van der Waals surface area (Å²) >= 11 is 0. The van der Waals surface area contributed by atoms with Crippen LogP contribution in [0.25, 0.3) is 5.69 Å². The molecule has 0 saturated heterocycles. The van der Waals surface area contributed by atoms with Gasteiger partial charge in [0.25, 0.3) is 0 Å². The summed E-state index contributed by atoms with van der Waals surface area (Å²) < 4.78 is 6.41. The predicted molar refractivity (Wildman–Crippen MR) is 75.0 cm³/mol. The smallest absolute Gasteiger partial charge is 0.320 e. The van der Waals surface area contributed by atoms with Crippen LogP contribution in [0.3, 0.4) is 0 Å². The largest absolute Gasteiger partial charge is 0.481 e. The second-order valence-corrected chi connectivity index (χ2v) is 4.43. The van der Waals surface area contributed by atoms with Gasteiger partial charge in [0.1, 0.15) is 0 Å². The van der Waals surface area contributed by atoms with Crippen LogP contribution < -0.4 is 0 Å². The number of hydrogen-bond donors (Lipinski definition) is 1. The van der Waals surface area contributed by atoms with E-state index in [-0.39, 0.29) is 13.0 Å². The highest BCUT2D eigenvalue weighted by molar-refractivity contribution is 5.94. The van der Waals surface area contributed by atoms with E-state index in [0.717, 1.165) is 5.69 Å². The number of benzene rings is 1. The van der Waals surface area contributed by atoms with E-state index in [1.54, 1.807) is 23.9 Å². The van der Waals surface area contributed by atoms with E-state index < -0.39 is 17.9 Å². The van der Waals surface area contributed by atoms with Gasteiger partial charge in [0.15, 0.2) is 5.92 Å². The van der Waals surface area contributed by atoms with Crippen LogP contribution in [0.4, 0.5) is 0 Å². The summed E-state index contributed by atoms with van der Waals surface area (Å²) in [7, 11) is 0. The monoisotopic (exact) mass is 288 g/mol. The van der Waals surface area contributed by atoms with Crippen molar-refractivity contribution in [3.63, 3.8) is 0 Å². The van der Waals surface area contributed by atoms with E-state index in [1.807, 2.05) is 30.3 Å². The van der Waals surface area contributed by atoms with Gasteiger partial charge in [0.2, 0.25) is 0 Å². The molecule has 0 saturated carbocycles. The SMILES string of the molecule is CCOC(=O)C(Cc1ccn(-c2ccccc2)n1)C(=O)O. The van der Waals surface area contributed by atoms with Crippen molar-refractivity contribution in [2.45, 2.75) is 13.3 Å². The van der Waals surface area contributed by atoms with Gasteiger partial charge >= 0.3 is 11.9 Å². The molecule has 1 unspecified atom stereocenters. The maximum atomic E-state index is 11.6. The van der Waals surface area contributed by atoms with Gasteiger partial charge in [0.05, 0.1) is 18.0 Å². The zero-order valence-electron chi connectivity index (χ0n) is 11.6. The van der Waals surface area contributed by atoms with Gasteiger partial charge in [0, 0.05) is 12.6 Å². The summed E-state index contributed by atoms with van der Waals surface area (Å²) in [4.78, 5) is 22.8. The fourth-order valence-corrected chi connectivity index (χ4v) is 1.92. The van der Waals surface area contributed by atoms with Gasteiger partial charge in [-0.15, -0.1) is 0 Å². The normalized spacial score (nSPS) is 11.9. The summed E-state index contributed by atoms with van der Waals surface area (Å²) in [6.45, 7) is 1.79. The minimum Gasteiger partial charge on any atom is -0.481 e. The minimum atomic E-state index is -1.23. The second kappa shape index (κ2) is 6.69. The Morgan fingerprint density at radius 1 is 1.29 bits per heavy atom. The Bertz CT molecular complexity index is 622. The molecule has 110 valence electrons. The molecule has 0 aliphatic heterocycles. The fraction of sp³-hybridized carbons (Fsp3) is 0.267. The summed E-state index contributed by atoms with van der Waals surface area (Å²) in [5.41, 5.74) is 1.39. The van der Waals surface area contributed by atoms with Crippen molar-refractivity contribution >= 4 is 11.9 Å². The predicted octanol–water partition coefficient (Wildman–Crippen LogP) is 1.68. The van der Waals surface area contributed by atoms with Gasteiger partial charge in [-0.25, -0.2) is 4.68 Å². The number of carbonyl (C=O) groups is 2. The van der Waals surface area contributed by atoms with Crippen LogP contribution in [0.1, 0.15) is 12.6 Å². The van der Waals surface area contributed by atoms with Crippen LogP contribution in [-0.4, -0.2) is 33.4 Å². The van der Waals surface area contributed by atoms with Crippen LogP contribution >= 0.6 is 0 Å². The van der Waals surface area contributed by atoms with E-state index in [9.17, 15) is 9.59 Å². The number of nitrogens with zero attached hydrogens (tertiary/aromatic N) is 2. The number of aromatic nitrogens is 2. The molecule has 2 rings (SSSR count). The van der Waals surface area contributed by atoms with E-state index in [2.05, 4.69) is 5.10 Å². The van der Waals surface area contributed by atoms with Crippen molar-refractivity contribution in [3.05, 3.63) is 48.3 Å². The van der Waals surface area contributed by atoms with Crippen LogP contribution in [0.2, 0.25) is 0 Å². The number of ether oxygens (including phenoxy) is 1. The molecule has 21 heavy (non-hydrogen) atoms. The van der Waals surface area contributed by atoms with Gasteiger partial charge in [-0.05, 0) is 25.1 Å². The molecule has 0 aliphatic rings. The van der Waals surface area contributed by atoms with Gasteiger partial charge in [-0.1, -0.05) is 18.2 Å². The highest BCUT2D eigenvalue weighted by Gasteiger charge is 2.28. The fourth-order valence-electron chi connectivity index (χ4n) is 1.92. The Hall–Kier alpha value is -2.63. The summed E-state index contributed by atoms with van der Waals surface area (Å²) in [6, 6.07) is 11.1. The number of carboxylic acids is 1. The molecule has 0 radical (unpaired) electrons. The van der Waals surface area contributed by atoms with Crippen LogP contribution in [0.5, 0.6) is 0 Å². The maximum absolute atomic E-state index is 11.6. The molecule has 1 aromatic carbocycles. The minimum absolute atomic E-state index is 0.00794. The molecule has 6 heteroatoms. The average molecular weight is 288 g/mol. The van der Waals surface area contributed by atoms with Gasteiger partial charge in [-0.3, -0.25) is 9.59 Å². The van der Waals surface area contributed by atoms with Crippen molar-refractivity contribution in [1.29, 1.82) is 0 Å². The quantitative estimate of drug-likeness (QED) is 0.646. The van der Waals surface area contributed by atoms with Crippen LogP contribution in [0, 0.1) is 5.92 Å². The van der Waals surface area contributed by atoms with Gasteiger partial charge < -0.3 is 9.84 Å². The molecule has 6 nitrogen and oxygen atoms in total. The highest BCUT2D eigenvalue weighted by Crippen LogP contribution is 2.12. The van der Waals surface area contributed by atoms with Crippen molar-refractivity contribution < 1.29 is 19.4 Å². The van der Waals surface area contributed by atoms with Crippen LogP contribution in [0.15, 0.2) is 42.6 Å². The number of esters is 1. The van der Waals surface area contributed by atoms with Crippen molar-refractivity contribution in [2.75, 3.05) is 6.61 Å². The third-order valence-electron chi connectivity index (χ3n) is 2.95. The van der Waals surface area contributed by atoms with Crippen molar-refractivity contribution in [1.82, 2.24) is 9.78 Å². The standard InChI is InChI=1S/C15H16N2O4/c1-2-21-15(20)13(14(18)19)10-11-8-9-17(16-11)12-6-4-3-5-7-12/h3-9,13H,2,10H2,1H3,(H,18,19). The first-order chi connectivity index (χ1) is 10.1. The first-order valence-electron chi connectivity index (χ1n) is 6.61. The van der Waals surface area contributed by atoms with E-state index in [1.165, 1.54) is 0 Å². The Morgan fingerprint density at radius 3 is 2.62 bits per heavy atom. The molecule has 1 N–H and O–H groups in total. The summed E-state index contributed by atoms with van der Waals surface area (Å²) in [5.74, 6) is -3.17. The molecule has 0 aliphatic carbocycles. The lowest BCUT2D eigenvalue weighted by Crippen LogP contribution is -2.28. The number of rotatable bonds is 6. The number of carboxylic acid groups (broad SMARTS) is 1. The molecule has 1 heterocycles. The van der Waals surface area contributed by atoms with E-state index in [4.69, 9.17) is 9.84 Å². The summed E-state index contributed by atoms with van der Waals surface area (Å²) in [5, 5.41) is 13.4. The molecule has 0 spiro atoms. The maximum Gasteiger partial charge on any atom is 0.320 e. The zero-order valence-corrected chi connectivity index (χ0v) is 11.6. The average Bonchev–Trinajstić information content (AvgIpc) is 2.94. The molecule has 0 amide bonds. The lowest BCUT2D eigenvalue weighted by atomic mass is 10.0. The van der Waals surface area contributed by atoms with Crippen molar-refractivity contribution in [2.24, 2.45) is 5.92 Å². The third-order valence-corrected chi connectivity index (χ3v) is 2.95. The summed E-state index contributed by atoms with van der Waals surface area (Å²) in [6.07, 6.45) is 1.74. The number of hydrogen-bond acceptors (Lipinski definition) is 4. The molecule has 1 atom stereocenters. The first-order valence-corrected chi connectivity index (χ1v) is 6.61. The Balaban J connectivity index is 2.14. The Labute approximate surface area is 122 Å². The van der Waals surface area contributed by atoms with Crippen molar-refractivity contribution in [3.8, 4) is 5.69 Å². The highest BCUT2D eigenvalue weighted by atomic mass is 16.5. The Kier molecular flexibility index (Phi) is 4.71. The molecule has 2 aromatic rings. The zero-order chi connectivity index (χ0) is 15.2. The molecular weight excluding hydrogens is 272 g/mol.